The molecule has 0 aliphatic carbocycles. The number of nitrogens with one attached hydrogen (secondary N) is 1. The minimum Gasteiger partial charge on any atom is -0.465 e. The highest BCUT2D eigenvalue weighted by molar-refractivity contribution is 5.73. The summed E-state index contributed by atoms with van der Waals surface area (Å²) in [4.78, 5) is 3.67. The first kappa shape index (κ1) is 29.4. The van der Waals surface area contributed by atoms with Gasteiger partial charge in [0.2, 0.25) is 0 Å². The number of ether oxygens (including phenoxy) is 1. The molecule has 0 bridgehead atoms. The Bertz CT molecular complexity index is 615. The number of amidine groups is 1. The Morgan fingerprint density at radius 1 is 0.774 bits per heavy atom. The van der Waals surface area contributed by atoms with Gasteiger partial charge in [-0.2, -0.15) is 57.1 Å². The number of hydrogen-bond acceptors (Lipinski definition) is 2. The molecular formula is C15H19F13N2O. The van der Waals surface area contributed by atoms with Crippen molar-refractivity contribution in [3.8, 4) is 0 Å². The molecule has 0 atom stereocenters. The van der Waals surface area contributed by atoms with Gasteiger partial charge in [0, 0.05) is 12.6 Å². The first-order chi connectivity index (χ1) is 13.6. The minimum absolute atomic E-state index is 0.0540. The number of aliphatic imine (C=N–C) groups is 1. The van der Waals surface area contributed by atoms with Gasteiger partial charge in [-0.25, -0.2) is 4.99 Å². The summed E-state index contributed by atoms with van der Waals surface area (Å²) in [6, 6.07) is -0.915. The van der Waals surface area contributed by atoms with Gasteiger partial charge in [0.05, 0.1) is 13.0 Å². The van der Waals surface area contributed by atoms with Crippen molar-refractivity contribution in [2.24, 2.45) is 4.99 Å². The second-order valence-corrected chi connectivity index (χ2v) is 6.58. The van der Waals surface area contributed by atoms with Gasteiger partial charge < -0.3 is 10.1 Å². The van der Waals surface area contributed by atoms with Crippen LogP contribution in [-0.2, 0) is 4.74 Å². The van der Waals surface area contributed by atoms with Crippen molar-refractivity contribution < 1.29 is 61.8 Å². The molecule has 0 saturated carbocycles. The van der Waals surface area contributed by atoms with Crippen LogP contribution in [0.1, 0.15) is 33.6 Å². The van der Waals surface area contributed by atoms with Crippen LogP contribution in [0.2, 0.25) is 0 Å². The van der Waals surface area contributed by atoms with Gasteiger partial charge in [0.15, 0.2) is 0 Å². The van der Waals surface area contributed by atoms with Crippen LogP contribution in [0.15, 0.2) is 4.99 Å². The SMILES string of the molecule is CCCN=C(NC(C)C)OCCC(F)(F)C(F)(F)C(F)(F)C(F)(F)C(F)(F)C(F)(F)F. The molecule has 0 unspecified atom stereocenters. The van der Waals surface area contributed by atoms with E-state index < -0.39 is 60.9 Å². The van der Waals surface area contributed by atoms with Crippen LogP contribution in [0.5, 0.6) is 0 Å². The summed E-state index contributed by atoms with van der Waals surface area (Å²) < 4.78 is 174. The molecule has 0 saturated heterocycles. The minimum atomic E-state index is -7.90. The van der Waals surface area contributed by atoms with Crippen molar-refractivity contribution in [1.82, 2.24) is 5.32 Å². The van der Waals surface area contributed by atoms with Gasteiger partial charge in [0.1, 0.15) is 0 Å². The average Bonchev–Trinajstić information content (AvgIpc) is 2.57. The Hall–Kier alpha value is -1.64. The number of rotatable bonds is 10. The van der Waals surface area contributed by atoms with E-state index in [0.717, 1.165) is 0 Å². The van der Waals surface area contributed by atoms with Crippen molar-refractivity contribution in [3.05, 3.63) is 0 Å². The van der Waals surface area contributed by atoms with Crippen molar-refractivity contribution in [2.75, 3.05) is 13.2 Å². The van der Waals surface area contributed by atoms with E-state index in [0.29, 0.717) is 6.42 Å². The Morgan fingerprint density at radius 2 is 1.23 bits per heavy atom. The molecule has 3 nitrogen and oxygen atoms in total. The van der Waals surface area contributed by atoms with Crippen molar-refractivity contribution in [3.63, 3.8) is 0 Å². The van der Waals surface area contributed by atoms with E-state index >= 15 is 0 Å². The molecular weight excluding hydrogens is 471 g/mol. The van der Waals surface area contributed by atoms with Crippen LogP contribution in [0, 0.1) is 0 Å². The van der Waals surface area contributed by atoms with Crippen molar-refractivity contribution in [1.29, 1.82) is 0 Å². The topological polar surface area (TPSA) is 33.6 Å². The molecule has 0 aliphatic heterocycles. The fraction of sp³-hybridized carbons (Fsp3) is 0.933. The molecule has 0 aromatic carbocycles. The van der Waals surface area contributed by atoms with Crippen LogP contribution in [-0.4, -0.2) is 61.0 Å². The molecule has 0 aromatic heterocycles. The van der Waals surface area contributed by atoms with E-state index in [1.165, 1.54) is 13.8 Å². The van der Waals surface area contributed by atoms with Crippen LogP contribution in [0.25, 0.3) is 0 Å². The largest absolute Gasteiger partial charge is 0.465 e. The lowest BCUT2D eigenvalue weighted by molar-refractivity contribution is -0.440. The summed E-state index contributed by atoms with van der Waals surface area (Å²) >= 11 is 0. The lowest BCUT2D eigenvalue weighted by atomic mass is 9.93. The fourth-order valence-electron chi connectivity index (χ4n) is 1.83. The Kier molecular flexibility index (Phi) is 8.96. The molecule has 186 valence electrons. The molecule has 0 fully saturated rings. The zero-order valence-corrected chi connectivity index (χ0v) is 16.2. The van der Waals surface area contributed by atoms with E-state index in [9.17, 15) is 57.1 Å². The first-order valence-corrected chi connectivity index (χ1v) is 8.49. The predicted octanol–water partition coefficient (Wildman–Crippen LogP) is 5.90. The summed E-state index contributed by atoms with van der Waals surface area (Å²) in [6.07, 6.45) is -9.45. The van der Waals surface area contributed by atoms with Crippen molar-refractivity contribution in [2.45, 2.75) is 75.4 Å². The third-order valence-electron chi connectivity index (χ3n) is 3.54. The Labute approximate surface area is 168 Å². The van der Waals surface area contributed by atoms with E-state index in [4.69, 9.17) is 0 Å². The van der Waals surface area contributed by atoms with Gasteiger partial charge in [-0.15, -0.1) is 0 Å². The maximum absolute atomic E-state index is 13.6. The molecule has 1 N–H and O–H groups in total. The quantitative estimate of drug-likeness (QED) is 0.235. The molecule has 0 radical (unpaired) electrons. The van der Waals surface area contributed by atoms with Crippen molar-refractivity contribution >= 4 is 6.02 Å². The summed E-state index contributed by atoms with van der Waals surface area (Å²) in [5.74, 6) is -36.9. The molecule has 0 aromatic rings. The van der Waals surface area contributed by atoms with Crippen LogP contribution >= 0.6 is 0 Å². The highest BCUT2D eigenvalue weighted by Crippen LogP contribution is 2.60. The molecule has 0 rings (SSSR count). The number of nitrogens with zero attached hydrogens (tertiary/aromatic N) is 1. The Balaban J connectivity index is 5.72. The standard InChI is InChI=1S/C15H19F13N2O/c1-4-6-29-9(30-8(2)3)31-7-5-10(16,17)11(18,19)12(20,21)13(22,23)14(24,25)15(26,27)28/h8H,4-7H2,1-3H3,(H,29,30). The summed E-state index contributed by atoms with van der Waals surface area (Å²) in [5.41, 5.74) is 0. The van der Waals surface area contributed by atoms with Gasteiger partial charge in [-0.3, -0.25) is 0 Å². The first-order valence-electron chi connectivity index (χ1n) is 8.49. The summed E-state index contributed by atoms with van der Waals surface area (Å²) in [5, 5.41) is 2.43. The molecule has 0 amide bonds. The maximum Gasteiger partial charge on any atom is 0.460 e. The van der Waals surface area contributed by atoms with E-state index in [1.807, 2.05) is 0 Å². The maximum atomic E-state index is 13.6. The molecule has 0 spiro atoms. The smallest absolute Gasteiger partial charge is 0.460 e. The van der Waals surface area contributed by atoms with Gasteiger partial charge >= 0.3 is 35.8 Å². The summed E-state index contributed by atoms with van der Waals surface area (Å²) in [7, 11) is 0. The van der Waals surface area contributed by atoms with E-state index in [-0.39, 0.29) is 6.54 Å². The molecule has 16 heteroatoms. The van der Waals surface area contributed by atoms with E-state index in [1.54, 1.807) is 6.92 Å². The van der Waals surface area contributed by atoms with E-state index in [2.05, 4.69) is 15.0 Å². The third-order valence-corrected chi connectivity index (χ3v) is 3.54. The zero-order chi connectivity index (χ0) is 25.1. The van der Waals surface area contributed by atoms with Gasteiger partial charge in [-0.1, -0.05) is 6.92 Å². The summed E-state index contributed by atoms with van der Waals surface area (Å²) in [6.45, 7) is 3.17. The number of halogens is 13. The molecule has 0 heterocycles. The lowest BCUT2D eigenvalue weighted by Gasteiger charge is -2.39. The second-order valence-electron chi connectivity index (χ2n) is 6.58. The van der Waals surface area contributed by atoms with Gasteiger partial charge in [-0.05, 0) is 20.3 Å². The second kappa shape index (κ2) is 9.46. The highest BCUT2D eigenvalue weighted by atomic mass is 19.4. The molecule has 31 heavy (non-hydrogen) atoms. The fourth-order valence-corrected chi connectivity index (χ4v) is 1.83. The van der Waals surface area contributed by atoms with Crippen LogP contribution in [0.3, 0.4) is 0 Å². The van der Waals surface area contributed by atoms with Crippen LogP contribution in [0.4, 0.5) is 57.1 Å². The Morgan fingerprint density at radius 3 is 1.61 bits per heavy atom. The van der Waals surface area contributed by atoms with Gasteiger partial charge in [0.25, 0.3) is 6.02 Å². The number of hydrogen-bond donors (Lipinski definition) is 1. The third kappa shape index (κ3) is 5.79. The number of alkyl halides is 13. The zero-order valence-electron chi connectivity index (χ0n) is 16.2. The van der Waals surface area contributed by atoms with Crippen LogP contribution < -0.4 is 5.32 Å². The predicted molar refractivity (Wildman–Crippen MR) is 82.2 cm³/mol. The normalized spacial score (nSPS) is 15.5. The molecule has 0 aliphatic rings. The highest BCUT2D eigenvalue weighted by Gasteiger charge is 2.90. The monoisotopic (exact) mass is 490 g/mol. The lowest BCUT2D eigenvalue weighted by Crippen LogP contribution is -2.70. The average molecular weight is 490 g/mol.